The fraction of sp³-hybridized carbons (Fsp3) is 0.158. The third kappa shape index (κ3) is 3.69. The molecule has 1 aromatic heterocycles. The van der Waals surface area contributed by atoms with E-state index in [4.69, 9.17) is 10.5 Å². The van der Waals surface area contributed by atoms with Gasteiger partial charge in [-0.05, 0) is 19.1 Å². The van der Waals surface area contributed by atoms with E-state index < -0.39 is 0 Å². The quantitative estimate of drug-likeness (QED) is 0.689. The lowest BCUT2D eigenvalue weighted by molar-refractivity contribution is -0.117. The molecule has 0 aliphatic rings. The first-order valence-corrected chi connectivity index (χ1v) is 8.71. The second kappa shape index (κ2) is 7.44. The van der Waals surface area contributed by atoms with E-state index in [1.807, 2.05) is 65.4 Å². The van der Waals surface area contributed by atoms with Crippen LogP contribution in [0.15, 0.2) is 66.0 Å². The summed E-state index contributed by atoms with van der Waals surface area (Å²) < 4.78 is 7.36. The molecule has 0 radical (unpaired) electrons. The summed E-state index contributed by atoms with van der Waals surface area (Å²) in [5.74, 6) is 0.385. The molecule has 25 heavy (non-hydrogen) atoms. The second-order valence-corrected chi connectivity index (χ2v) is 6.80. The standard InChI is InChI=1S/C19H19N3O2S/c1-13(18(20)23)25-19-21-12-17(14-7-4-3-5-8-14)22(19)15-9-6-10-16(11-15)24-2/h3-13H,1-2H3,(H2,20,23). The van der Waals surface area contributed by atoms with Gasteiger partial charge in [0, 0.05) is 11.6 Å². The molecule has 2 N–H and O–H groups in total. The minimum atomic E-state index is -0.379. The number of ether oxygens (including phenoxy) is 1. The molecule has 1 heterocycles. The largest absolute Gasteiger partial charge is 0.497 e. The van der Waals surface area contributed by atoms with Gasteiger partial charge in [0.25, 0.3) is 0 Å². The summed E-state index contributed by atoms with van der Waals surface area (Å²) in [6.07, 6.45) is 1.81. The number of primary amides is 1. The van der Waals surface area contributed by atoms with Gasteiger partial charge in [-0.2, -0.15) is 0 Å². The van der Waals surface area contributed by atoms with E-state index in [1.54, 1.807) is 14.0 Å². The highest BCUT2D eigenvalue weighted by Gasteiger charge is 2.19. The molecule has 1 unspecified atom stereocenters. The van der Waals surface area contributed by atoms with E-state index in [2.05, 4.69) is 4.98 Å². The fourth-order valence-corrected chi connectivity index (χ4v) is 3.30. The van der Waals surface area contributed by atoms with Gasteiger partial charge in [-0.25, -0.2) is 4.98 Å². The number of thioether (sulfide) groups is 1. The predicted octanol–water partition coefficient (Wildman–Crippen LogP) is 3.51. The van der Waals surface area contributed by atoms with Crippen molar-refractivity contribution in [3.63, 3.8) is 0 Å². The summed E-state index contributed by atoms with van der Waals surface area (Å²) in [5.41, 5.74) is 8.31. The zero-order chi connectivity index (χ0) is 17.8. The van der Waals surface area contributed by atoms with E-state index in [-0.39, 0.29) is 11.2 Å². The van der Waals surface area contributed by atoms with Gasteiger partial charge in [-0.15, -0.1) is 0 Å². The maximum absolute atomic E-state index is 11.5. The predicted molar refractivity (Wildman–Crippen MR) is 100 cm³/mol. The fourth-order valence-electron chi connectivity index (χ4n) is 2.45. The zero-order valence-electron chi connectivity index (χ0n) is 14.0. The molecule has 1 amide bonds. The van der Waals surface area contributed by atoms with Crippen LogP contribution in [0, 0.1) is 0 Å². The number of methoxy groups -OCH3 is 1. The molecule has 0 aliphatic carbocycles. The van der Waals surface area contributed by atoms with Crippen LogP contribution < -0.4 is 10.5 Å². The summed E-state index contributed by atoms with van der Waals surface area (Å²) in [7, 11) is 1.63. The van der Waals surface area contributed by atoms with Crippen molar-refractivity contribution in [1.82, 2.24) is 9.55 Å². The minimum Gasteiger partial charge on any atom is -0.497 e. The van der Waals surface area contributed by atoms with Gasteiger partial charge in [0.1, 0.15) is 5.75 Å². The number of nitrogens with two attached hydrogens (primary N) is 1. The van der Waals surface area contributed by atoms with Gasteiger partial charge in [-0.3, -0.25) is 9.36 Å². The highest BCUT2D eigenvalue weighted by atomic mass is 32.2. The number of rotatable bonds is 6. The molecular formula is C19H19N3O2S. The van der Waals surface area contributed by atoms with Crippen LogP contribution in [0.25, 0.3) is 16.9 Å². The average molecular weight is 353 g/mol. The molecule has 0 spiro atoms. The van der Waals surface area contributed by atoms with Gasteiger partial charge < -0.3 is 10.5 Å². The lowest BCUT2D eigenvalue weighted by Gasteiger charge is -2.14. The Hall–Kier alpha value is -2.73. The Bertz CT molecular complexity index is 877. The average Bonchev–Trinajstić information content (AvgIpc) is 3.06. The van der Waals surface area contributed by atoms with Crippen LogP contribution in [-0.4, -0.2) is 27.8 Å². The van der Waals surface area contributed by atoms with Crippen molar-refractivity contribution in [2.24, 2.45) is 5.73 Å². The molecule has 3 rings (SSSR count). The topological polar surface area (TPSA) is 70.1 Å². The SMILES string of the molecule is COc1cccc(-n2c(-c3ccccc3)cnc2SC(C)C(N)=O)c1. The van der Waals surface area contributed by atoms with Crippen molar-refractivity contribution in [1.29, 1.82) is 0 Å². The third-order valence-corrected chi connectivity index (χ3v) is 4.88. The third-order valence-electron chi connectivity index (χ3n) is 3.79. The highest BCUT2D eigenvalue weighted by Crippen LogP contribution is 2.32. The van der Waals surface area contributed by atoms with Crippen LogP contribution in [0.2, 0.25) is 0 Å². The Morgan fingerprint density at radius 1 is 1.20 bits per heavy atom. The lowest BCUT2D eigenvalue weighted by atomic mass is 10.1. The smallest absolute Gasteiger partial charge is 0.230 e. The van der Waals surface area contributed by atoms with Crippen molar-refractivity contribution < 1.29 is 9.53 Å². The number of amides is 1. The number of benzene rings is 2. The van der Waals surface area contributed by atoms with Crippen molar-refractivity contribution in [3.05, 3.63) is 60.8 Å². The number of nitrogens with zero attached hydrogens (tertiary/aromatic N) is 2. The van der Waals surface area contributed by atoms with E-state index in [0.29, 0.717) is 5.16 Å². The molecule has 2 aromatic carbocycles. The molecule has 128 valence electrons. The van der Waals surface area contributed by atoms with Crippen LogP contribution in [0.1, 0.15) is 6.92 Å². The van der Waals surface area contributed by atoms with Crippen molar-refractivity contribution >= 4 is 17.7 Å². The van der Waals surface area contributed by atoms with Crippen LogP contribution in [0.3, 0.4) is 0 Å². The van der Waals surface area contributed by atoms with E-state index in [9.17, 15) is 4.79 Å². The van der Waals surface area contributed by atoms with Gasteiger partial charge >= 0.3 is 0 Å². The number of aromatic nitrogens is 2. The lowest BCUT2D eigenvalue weighted by Crippen LogP contribution is -2.23. The van der Waals surface area contributed by atoms with E-state index >= 15 is 0 Å². The van der Waals surface area contributed by atoms with Crippen molar-refractivity contribution in [3.8, 4) is 22.7 Å². The Morgan fingerprint density at radius 3 is 2.64 bits per heavy atom. The number of hydrogen-bond donors (Lipinski definition) is 1. The Labute approximate surface area is 150 Å². The Balaban J connectivity index is 2.14. The maximum atomic E-state index is 11.5. The zero-order valence-corrected chi connectivity index (χ0v) is 14.9. The van der Waals surface area contributed by atoms with Gasteiger partial charge in [0.15, 0.2) is 5.16 Å². The first kappa shape index (κ1) is 17.1. The molecule has 5 nitrogen and oxygen atoms in total. The summed E-state index contributed by atoms with van der Waals surface area (Å²) in [6, 6.07) is 17.7. The molecule has 1 atom stereocenters. The molecule has 3 aromatic rings. The molecule has 0 saturated heterocycles. The number of imidazole rings is 1. The second-order valence-electron chi connectivity index (χ2n) is 5.49. The summed E-state index contributed by atoms with van der Waals surface area (Å²) in [4.78, 5) is 16.0. The van der Waals surface area contributed by atoms with Gasteiger partial charge in [0.05, 0.1) is 29.9 Å². The Morgan fingerprint density at radius 2 is 1.96 bits per heavy atom. The molecule has 0 bridgehead atoms. The van der Waals surface area contributed by atoms with E-state index in [0.717, 1.165) is 22.7 Å². The number of carbonyl (C=O) groups excluding carboxylic acids is 1. The first-order chi connectivity index (χ1) is 12.1. The number of hydrogen-bond acceptors (Lipinski definition) is 4. The molecular weight excluding hydrogens is 334 g/mol. The monoisotopic (exact) mass is 353 g/mol. The Kier molecular flexibility index (Phi) is 5.09. The van der Waals surface area contributed by atoms with Crippen LogP contribution in [0.5, 0.6) is 5.75 Å². The van der Waals surface area contributed by atoms with Gasteiger partial charge in [-0.1, -0.05) is 48.2 Å². The summed E-state index contributed by atoms with van der Waals surface area (Å²) in [5, 5.41) is 0.328. The van der Waals surface area contributed by atoms with Crippen molar-refractivity contribution in [2.45, 2.75) is 17.3 Å². The summed E-state index contributed by atoms with van der Waals surface area (Å²) in [6.45, 7) is 1.78. The highest BCUT2D eigenvalue weighted by molar-refractivity contribution is 8.00. The molecule has 0 fully saturated rings. The minimum absolute atomic E-state index is 0.369. The molecule has 6 heteroatoms. The van der Waals surface area contributed by atoms with Crippen LogP contribution in [-0.2, 0) is 4.79 Å². The van der Waals surface area contributed by atoms with Gasteiger partial charge in [0.2, 0.25) is 5.91 Å². The van der Waals surface area contributed by atoms with Crippen LogP contribution >= 0.6 is 11.8 Å². The number of carbonyl (C=O) groups is 1. The van der Waals surface area contributed by atoms with Crippen molar-refractivity contribution in [2.75, 3.05) is 7.11 Å². The first-order valence-electron chi connectivity index (χ1n) is 7.83. The summed E-state index contributed by atoms with van der Waals surface area (Å²) >= 11 is 1.34. The molecule has 0 aliphatic heterocycles. The molecule has 0 saturated carbocycles. The normalized spacial score (nSPS) is 11.9. The van der Waals surface area contributed by atoms with E-state index in [1.165, 1.54) is 11.8 Å². The maximum Gasteiger partial charge on any atom is 0.230 e. The van der Waals surface area contributed by atoms with Crippen LogP contribution in [0.4, 0.5) is 0 Å².